The Morgan fingerprint density at radius 1 is 1.16 bits per heavy atom. The number of aromatic nitrogens is 2. The molecule has 3 aromatic rings. The van der Waals surface area contributed by atoms with Crippen molar-refractivity contribution in [2.24, 2.45) is 10.9 Å². The molecular weight excluding hydrogens is 308 g/mol. The van der Waals surface area contributed by atoms with E-state index in [1.807, 2.05) is 0 Å². The number of fused-ring (bicyclic) bond motifs is 2. The van der Waals surface area contributed by atoms with Gasteiger partial charge in [0.05, 0.1) is 17.8 Å². The number of aryl methyl sites for hydroxylation is 1. The van der Waals surface area contributed by atoms with Gasteiger partial charge in [0.15, 0.2) is 0 Å². The maximum Gasteiger partial charge on any atom is 0.133 e. The summed E-state index contributed by atoms with van der Waals surface area (Å²) >= 11 is 0. The highest BCUT2D eigenvalue weighted by atomic mass is 15.3. The molecule has 1 aromatic heterocycles. The molecule has 1 saturated carbocycles. The molecule has 0 saturated heterocycles. The van der Waals surface area contributed by atoms with E-state index in [0.717, 1.165) is 36.2 Å². The minimum Gasteiger partial charge on any atom is -0.340 e. The van der Waals surface area contributed by atoms with Crippen molar-refractivity contribution in [3.05, 3.63) is 59.3 Å². The second-order valence-electron chi connectivity index (χ2n) is 7.24. The molecule has 126 valence electrons. The van der Waals surface area contributed by atoms with E-state index in [4.69, 9.17) is 5.10 Å². The number of rotatable bonds is 3. The number of benzene rings is 2. The fourth-order valence-electron chi connectivity index (χ4n) is 3.86. The predicted molar refractivity (Wildman–Crippen MR) is 102 cm³/mol. The van der Waals surface area contributed by atoms with E-state index in [1.165, 1.54) is 41.3 Å². The van der Waals surface area contributed by atoms with Crippen molar-refractivity contribution in [2.45, 2.75) is 39.3 Å². The Kier molecular flexibility index (Phi) is 3.37. The van der Waals surface area contributed by atoms with Crippen LogP contribution in [0.1, 0.15) is 36.1 Å². The van der Waals surface area contributed by atoms with Crippen LogP contribution in [0.5, 0.6) is 0 Å². The lowest BCUT2D eigenvalue weighted by molar-refractivity contribution is 0.269. The van der Waals surface area contributed by atoms with Crippen LogP contribution >= 0.6 is 0 Å². The summed E-state index contributed by atoms with van der Waals surface area (Å²) in [4.78, 5) is 4.65. The van der Waals surface area contributed by atoms with Crippen molar-refractivity contribution in [1.29, 1.82) is 0 Å². The third-order valence-corrected chi connectivity index (χ3v) is 5.53. The van der Waals surface area contributed by atoms with E-state index in [-0.39, 0.29) is 0 Å². The first-order chi connectivity index (χ1) is 12.3. The molecule has 4 nitrogen and oxygen atoms in total. The zero-order chi connectivity index (χ0) is 16.8. The maximum atomic E-state index is 4.78. The second kappa shape index (κ2) is 5.73. The fourth-order valence-corrected chi connectivity index (χ4v) is 3.86. The van der Waals surface area contributed by atoms with Crippen LogP contribution in [0.15, 0.2) is 47.5 Å². The molecule has 0 spiro atoms. The number of hydrogen-bond acceptors (Lipinski definition) is 3. The second-order valence-corrected chi connectivity index (χ2v) is 7.24. The van der Waals surface area contributed by atoms with E-state index >= 15 is 0 Å². The molecule has 0 radical (unpaired) electrons. The quantitative estimate of drug-likeness (QED) is 0.767. The van der Waals surface area contributed by atoms with Gasteiger partial charge in [0.2, 0.25) is 0 Å². The molecule has 2 heterocycles. The number of nitrogens with one attached hydrogen (secondary N) is 1. The van der Waals surface area contributed by atoms with Crippen molar-refractivity contribution in [1.82, 2.24) is 9.78 Å². The van der Waals surface area contributed by atoms with Crippen molar-refractivity contribution in [3.8, 4) is 0 Å². The molecule has 0 bridgehead atoms. The normalized spacial score (nSPS) is 16.6. The van der Waals surface area contributed by atoms with Gasteiger partial charge in [-0.25, -0.2) is 0 Å². The lowest BCUT2D eigenvalue weighted by Gasteiger charge is -2.25. The molecule has 5 rings (SSSR count). The number of amidine groups is 1. The van der Waals surface area contributed by atoms with E-state index in [1.54, 1.807) is 0 Å². The molecule has 25 heavy (non-hydrogen) atoms. The molecule has 1 fully saturated rings. The number of hydrogen-bond donors (Lipinski definition) is 1. The first-order valence-electron chi connectivity index (χ1n) is 9.15. The van der Waals surface area contributed by atoms with Gasteiger partial charge in [-0.2, -0.15) is 5.10 Å². The smallest absolute Gasteiger partial charge is 0.133 e. The van der Waals surface area contributed by atoms with Crippen LogP contribution in [-0.2, 0) is 13.1 Å². The summed E-state index contributed by atoms with van der Waals surface area (Å²) in [5, 5.41) is 9.51. The Bertz CT molecular complexity index is 979. The first-order valence-corrected chi connectivity index (χ1v) is 9.15. The summed E-state index contributed by atoms with van der Waals surface area (Å²) in [6.07, 6.45) is 4.07. The Balaban J connectivity index is 1.44. The van der Waals surface area contributed by atoms with Crippen molar-refractivity contribution in [2.75, 3.05) is 5.32 Å². The average molecular weight is 330 g/mol. The van der Waals surface area contributed by atoms with E-state index < -0.39 is 0 Å². The van der Waals surface area contributed by atoms with Crippen molar-refractivity contribution < 1.29 is 0 Å². The van der Waals surface area contributed by atoms with Crippen LogP contribution in [0.2, 0.25) is 0 Å². The van der Waals surface area contributed by atoms with Crippen LogP contribution in [0, 0.1) is 12.8 Å². The molecule has 2 aromatic carbocycles. The lowest BCUT2D eigenvalue weighted by atomic mass is 9.85. The molecule has 0 unspecified atom stereocenters. The van der Waals surface area contributed by atoms with E-state index in [0.29, 0.717) is 0 Å². The van der Waals surface area contributed by atoms with Crippen molar-refractivity contribution >= 4 is 22.4 Å². The fraction of sp³-hybridized carbons (Fsp3) is 0.333. The zero-order valence-corrected chi connectivity index (χ0v) is 14.5. The van der Waals surface area contributed by atoms with Gasteiger partial charge in [-0.3, -0.25) is 9.67 Å². The zero-order valence-electron chi connectivity index (χ0n) is 14.5. The lowest BCUT2D eigenvalue weighted by Crippen LogP contribution is -2.18. The van der Waals surface area contributed by atoms with Gasteiger partial charge in [0.1, 0.15) is 5.84 Å². The highest BCUT2D eigenvalue weighted by Gasteiger charge is 2.20. The van der Waals surface area contributed by atoms with E-state index in [2.05, 4.69) is 64.4 Å². The van der Waals surface area contributed by atoms with Crippen LogP contribution in [0.3, 0.4) is 0 Å². The van der Waals surface area contributed by atoms with Crippen LogP contribution in [-0.4, -0.2) is 15.6 Å². The molecule has 4 heteroatoms. The summed E-state index contributed by atoms with van der Waals surface area (Å²) < 4.78 is 2.20. The molecule has 1 aliphatic carbocycles. The number of nitrogens with zero attached hydrogens (tertiary/aromatic N) is 3. The van der Waals surface area contributed by atoms with Gasteiger partial charge in [-0.15, -0.1) is 0 Å². The first kappa shape index (κ1) is 14.7. The summed E-state index contributed by atoms with van der Waals surface area (Å²) in [6, 6.07) is 15.0. The third-order valence-electron chi connectivity index (χ3n) is 5.53. The summed E-state index contributed by atoms with van der Waals surface area (Å²) in [5.41, 5.74) is 5.92. The topological polar surface area (TPSA) is 42.2 Å². The molecule has 1 N–H and O–H groups in total. The molecule has 1 aliphatic heterocycles. The minimum atomic E-state index is 0.763. The van der Waals surface area contributed by atoms with Crippen LogP contribution in [0.25, 0.3) is 10.9 Å². The van der Waals surface area contributed by atoms with Gasteiger partial charge in [-0.1, -0.05) is 30.7 Å². The van der Waals surface area contributed by atoms with Crippen LogP contribution < -0.4 is 5.32 Å². The molecule has 0 atom stereocenters. The van der Waals surface area contributed by atoms with Gasteiger partial charge >= 0.3 is 0 Å². The van der Waals surface area contributed by atoms with Crippen molar-refractivity contribution in [3.63, 3.8) is 0 Å². The summed E-state index contributed by atoms with van der Waals surface area (Å²) in [6.45, 7) is 3.92. The SMILES string of the molecule is Cc1nn(CC2CCC2)c2ccc(NC3=NCc4ccccc43)cc12. The number of anilines is 1. The average Bonchev–Trinajstić information content (AvgIpc) is 3.13. The Morgan fingerprint density at radius 3 is 2.88 bits per heavy atom. The largest absolute Gasteiger partial charge is 0.340 e. The number of aliphatic imine (C=N–C) groups is 1. The molecule has 2 aliphatic rings. The van der Waals surface area contributed by atoms with Gasteiger partial charge < -0.3 is 5.32 Å². The maximum absolute atomic E-state index is 4.78. The van der Waals surface area contributed by atoms with Gasteiger partial charge in [0, 0.05) is 23.2 Å². The highest BCUT2D eigenvalue weighted by molar-refractivity contribution is 6.11. The molecule has 0 amide bonds. The van der Waals surface area contributed by atoms with Crippen LogP contribution in [0.4, 0.5) is 5.69 Å². The summed E-state index contributed by atoms with van der Waals surface area (Å²) in [5.74, 6) is 1.78. The Hall–Kier alpha value is -2.62. The van der Waals surface area contributed by atoms with Gasteiger partial charge in [0.25, 0.3) is 0 Å². The Labute approximate surface area is 147 Å². The minimum absolute atomic E-state index is 0.763. The molecular formula is C21H22N4. The standard InChI is InChI=1S/C21H22N4/c1-14-19-11-17(23-21-18-8-3-2-7-16(18)12-22-21)9-10-20(19)25(24-14)13-15-5-4-6-15/h2-3,7-11,15H,4-6,12-13H2,1H3,(H,22,23). The highest BCUT2D eigenvalue weighted by Crippen LogP contribution is 2.30. The Morgan fingerprint density at radius 2 is 2.04 bits per heavy atom. The monoisotopic (exact) mass is 330 g/mol. The van der Waals surface area contributed by atoms with Gasteiger partial charge in [-0.05, 0) is 49.4 Å². The van der Waals surface area contributed by atoms with E-state index in [9.17, 15) is 0 Å². The predicted octanol–water partition coefficient (Wildman–Crippen LogP) is 4.52. The third kappa shape index (κ3) is 2.53. The summed E-state index contributed by atoms with van der Waals surface area (Å²) in [7, 11) is 0.